The molecular formula is C21H21FN4OS. The molecule has 0 spiro atoms. The summed E-state index contributed by atoms with van der Waals surface area (Å²) in [5, 5.41) is 11.8. The second kappa shape index (κ2) is 8.14. The number of benzene rings is 2. The number of amides is 1. The number of rotatable bonds is 7. The largest absolute Gasteiger partial charge is 0.325 e. The predicted octanol–water partition coefficient (Wildman–Crippen LogP) is 4.46. The zero-order valence-electron chi connectivity index (χ0n) is 15.5. The fourth-order valence-corrected chi connectivity index (χ4v) is 3.82. The summed E-state index contributed by atoms with van der Waals surface area (Å²) in [4.78, 5) is 12.5. The van der Waals surface area contributed by atoms with Crippen LogP contribution in [-0.4, -0.2) is 25.9 Å². The fourth-order valence-electron chi connectivity index (χ4n) is 2.97. The lowest BCUT2D eigenvalue weighted by Gasteiger charge is -2.14. The number of thioether (sulfide) groups is 1. The molecule has 7 heteroatoms. The summed E-state index contributed by atoms with van der Waals surface area (Å²) in [5.41, 5.74) is 1.62. The summed E-state index contributed by atoms with van der Waals surface area (Å²) in [6.45, 7) is 2.50. The first-order valence-corrected chi connectivity index (χ1v) is 10.2. The molecular weight excluding hydrogens is 375 g/mol. The molecule has 0 radical (unpaired) electrons. The molecule has 3 aromatic rings. The van der Waals surface area contributed by atoms with Crippen molar-refractivity contribution < 1.29 is 9.18 Å². The van der Waals surface area contributed by atoms with Gasteiger partial charge in [-0.25, -0.2) is 4.39 Å². The van der Waals surface area contributed by atoms with Gasteiger partial charge in [-0.15, -0.1) is 10.2 Å². The van der Waals surface area contributed by atoms with Crippen LogP contribution in [0.25, 0.3) is 0 Å². The van der Waals surface area contributed by atoms with E-state index in [0.29, 0.717) is 18.2 Å². The number of nitrogens with zero attached hydrogens (tertiary/aromatic N) is 3. The molecule has 144 valence electrons. The summed E-state index contributed by atoms with van der Waals surface area (Å²) in [6.07, 6.45) is 2.26. The molecule has 1 atom stereocenters. The van der Waals surface area contributed by atoms with Gasteiger partial charge in [0, 0.05) is 11.6 Å². The van der Waals surface area contributed by atoms with E-state index in [0.717, 1.165) is 23.8 Å². The molecule has 0 aliphatic heterocycles. The van der Waals surface area contributed by atoms with E-state index in [9.17, 15) is 9.18 Å². The predicted molar refractivity (Wildman–Crippen MR) is 108 cm³/mol. The van der Waals surface area contributed by atoms with Gasteiger partial charge in [-0.05, 0) is 43.5 Å². The zero-order chi connectivity index (χ0) is 19.5. The van der Waals surface area contributed by atoms with Gasteiger partial charge in [0.1, 0.15) is 11.6 Å². The second-order valence-electron chi connectivity index (χ2n) is 6.95. The molecule has 4 rings (SSSR count). The van der Waals surface area contributed by atoms with Gasteiger partial charge < -0.3 is 9.88 Å². The first-order valence-electron chi connectivity index (χ1n) is 9.30. The van der Waals surface area contributed by atoms with E-state index in [2.05, 4.69) is 32.2 Å². The van der Waals surface area contributed by atoms with Crippen LogP contribution in [-0.2, 0) is 11.3 Å². The number of nitrogens with one attached hydrogen (secondary N) is 1. The summed E-state index contributed by atoms with van der Waals surface area (Å²) in [5.74, 6) is 0.874. The average Bonchev–Trinajstić information content (AvgIpc) is 3.46. The minimum Gasteiger partial charge on any atom is -0.325 e. The SMILES string of the molecule is CC(Sc1nnc(C2CC2)n1Cc1ccccc1)C(=O)Nc1cccc(F)c1. The van der Waals surface area contributed by atoms with Crippen LogP contribution in [0.3, 0.4) is 0 Å². The molecule has 1 N–H and O–H groups in total. The number of aromatic nitrogens is 3. The normalized spacial score (nSPS) is 14.6. The first-order chi connectivity index (χ1) is 13.6. The van der Waals surface area contributed by atoms with Gasteiger partial charge in [-0.3, -0.25) is 4.79 Å². The molecule has 0 bridgehead atoms. The second-order valence-corrected chi connectivity index (χ2v) is 8.25. The molecule has 1 unspecified atom stereocenters. The summed E-state index contributed by atoms with van der Waals surface area (Å²) < 4.78 is 15.4. The van der Waals surface area contributed by atoms with Crippen LogP contribution in [0.4, 0.5) is 10.1 Å². The third kappa shape index (κ3) is 4.42. The van der Waals surface area contributed by atoms with Gasteiger partial charge in [0.05, 0.1) is 11.8 Å². The Labute approximate surface area is 167 Å². The van der Waals surface area contributed by atoms with Gasteiger partial charge >= 0.3 is 0 Å². The molecule has 0 saturated heterocycles. The molecule has 1 aliphatic rings. The third-order valence-electron chi connectivity index (χ3n) is 4.62. The average molecular weight is 396 g/mol. The highest BCUT2D eigenvalue weighted by Gasteiger charge is 2.31. The molecule has 1 aromatic heterocycles. The lowest BCUT2D eigenvalue weighted by Crippen LogP contribution is -2.23. The van der Waals surface area contributed by atoms with Gasteiger partial charge in [-0.2, -0.15) is 0 Å². The van der Waals surface area contributed by atoms with E-state index in [-0.39, 0.29) is 11.7 Å². The van der Waals surface area contributed by atoms with Crippen LogP contribution < -0.4 is 5.32 Å². The van der Waals surface area contributed by atoms with Crippen LogP contribution in [0.2, 0.25) is 0 Å². The number of hydrogen-bond donors (Lipinski definition) is 1. The highest BCUT2D eigenvalue weighted by molar-refractivity contribution is 8.00. The van der Waals surface area contributed by atoms with Crippen LogP contribution >= 0.6 is 11.8 Å². The van der Waals surface area contributed by atoms with Crippen molar-refractivity contribution in [2.24, 2.45) is 0 Å². The van der Waals surface area contributed by atoms with Crippen molar-refractivity contribution in [1.82, 2.24) is 14.8 Å². The standard InChI is InChI=1S/C21H21FN4OS/c1-14(20(27)23-18-9-5-8-17(22)12-18)28-21-25-24-19(16-10-11-16)26(21)13-15-6-3-2-4-7-15/h2-9,12,14,16H,10-11,13H2,1H3,(H,23,27). The third-order valence-corrected chi connectivity index (χ3v) is 5.70. The Bertz CT molecular complexity index is 972. The van der Waals surface area contributed by atoms with Crippen molar-refractivity contribution in [3.8, 4) is 0 Å². The number of carbonyl (C=O) groups excluding carboxylic acids is 1. The molecule has 1 amide bonds. The van der Waals surface area contributed by atoms with Crippen LogP contribution in [0.1, 0.15) is 37.1 Å². The molecule has 1 fully saturated rings. The highest BCUT2D eigenvalue weighted by Crippen LogP contribution is 2.40. The van der Waals surface area contributed by atoms with E-state index in [1.165, 1.54) is 29.5 Å². The van der Waals surface area contributed by atoms with Crippen molar-refractivity contribution in [3.63, 3.8) is 0 Å². The molecule has 1 saturated carbocycles. The maximum Gasteiger partial charge on any atom is 0.237 e. The molecule has 5 nitrogen and oxygen atoms in total. The van der Waals surface area contributed by atoms with Crippen molar-refractivity contribution in [2.45, 2.75) is 42.6 Å². The Balaban J connectivity index is 1.50. The van der Waals surface area contributed by atoms with Crippen molar-refractivity contribution in [1.29, 1.82) is 0 Å². The first kappa shape index (κ1) is 18.7. The Morgan fingerprint density at radius 3 is 2.71 bits per heavy atom. The van der Waals surface area contributed by atoms with Gasteiger partial charge in [0.15, 0.2) is 5.16 Å². The number of carbonyl (C=O) groups is 1. The minimum atomic E-state index is -0.394. The maximum atomic E-state index is 13.3. The quantitative estimate of drug-likeness (QED) is 0.599. The van der Waals surface area contributed by atoms with E-state index in [1.54, 1.807) is 12.1 Å². The Morgan fingerprint density at radius 2 is 2.00 bits per heavy atom. The Kier molecular flexibility index (Phi) is 5.43. The van der Waals surface area contributed by atoms with Gasteiger partial charge in [-0.1, -0.05) is 48.2 Å². The fraction of sp³-hybridized carbons (Fsp3) is 0.286. The number of halogens is 1. The van der Waals surface area contributed by atoms with Crippen LogP contribution in [0.15, 0.2) is 59.8 Å². The Morgan fingerprint density at radius 1 is 1.21 bits per heavy atom. The lowest BCUT2D eigenvalue weighted by molar-refractivity contribution is -0.115. The molecule has 28 heavy (non-hydrogen) atoms. The van der Waals surface area contributed by atoms with E-state index in [1.807, 2.05) is 25.1 Å². The number of hydrogen-bond acceptors (Lipinski definition) is 4. The summed E-state index contributed by atoms with van der Waals surface area (Å²) >= 11 is 1.37. The molecule has 2 aromatic carbocycles. The van der Waals surface area contributed by atoms with E-state index in [4.69, 9.17) is 0 Å². The number of anilines is 1. The van der Waals surface area contributed by atoms with Crippen molar-refractivity contribution in [3.05, 3.63) is 71.8 Å². The van der Waals surface area contributed by atoms with Gasteiger partial charge in [0.2, 0.25) is 5.91 Å². The smallest absolute Gasteiger partial charge is 0.237 e. The van der Waals surface area contributed by atoms with Crippen LogP contribution in [0.5, 0.6) is 0 Å². The topological polar surface area (TPSA) is 59.8 Å². The Hall–Kier alpha value is -2.67. The monoisotopic (exact) mass is 396 g/mol. The lowest BCUT2D eigenvalue weighted by atomic mass is 10.2. The van der Waals surface area contributed by atoms with Crippen LogP contribution in [0, 0.1) is 5.82 Å². The van der Waals surface area contributed by atoms with Gasteiger partial charge in [0.25, 0.3) is 0 Å². The van der Waals surface area contributed by atoms with Crippen molar-refractivity contribution in [2.75, 3.05) is 5.32 Å². The van der Waals surface area contributed by atoms with E-state index >= 15 is 0 Å². The van der Waals surface area contributed by atoms with Crippen molar-refractivity contribution >= 4 is 23.4 Å². The molecule has 1 aliphatic carbocycles. The summed E-state index contributed by atoms with van der Waals surface area (Å²) in [7, 11) is 0. The maximum absolute atomic E-state index is 13.3. The van der Waals surface area contributed by atoms with E-state index < -0.39 is 5.25 Å². The minimum absolute atomic E-state index is 0.196. The molecule has 1 heterocycles. The summed E-state index contributed by atoms with van der Waals surface area (Å²) in [6, 6.07) is 16.1. The zero-order valence-corrected chi connectivity index (χ0v) is 16.3. The highest BCUT2D eigenvalue weighted by atomic mass is 32.2.